The van der Waals surface area contributed by atoms with Crippen LogP contribution < -0.4 is 5.32 Å². The van der Waals surface area contributed by atoms with Gasteiger partial charge in [0, 0.05) is 22.9 Å². The Hall–Kier alpha value is -1.16. The first-order valence-corrected chi connectivity index (χ1v) is 8.52. The number of ether oxygens (including phenoxy) is 1. The van der Waals surface area contributed by atoms with Crippen molar-refractivity contribution in [3.05, 3.63) is 46.8 Å². The number of thiophene rings is 1. The van der Waals surface area contributed by atoms with E-state index in [-0.39, 0.29) is 0 Å². The van der Waals surface area contributed by atoms with E-state index >= 15 is 0 Å². The highest BCUT2D eigenvalue weighted by molar-refractivity contribution is 7.15. The third-order valence-corrected chi connectivity index (χ3v) is 4.83. The Morgan fingerprint density at radius 2 is 1.95 bits per heavy atom. The van der Waals surface area contributed by atoms with Gasteiger partial charge < -0.3 is 10.1 Å². The van der Waals surface area contributed by atoms with Crippen LogP contribution in [0.15, 0.2) is 36.4 Å². The Kier molecular flexibility index (Phi) is 6.43. The molecule has 0 saturated carbocycles. The normalized spacial score (nSPS) is 12.5. The van der Waals surface area contributed by atoms with Crippen molar-refractivity contribution in [2.24, 2.45) is 0 Å². The van der Waals surface area contributed by atoms with E-state index in [1.165, 1.54) is 27.3 Å². The Morgan fingerprint density at radius 1 is 1.14 bits per heavy atom. The van der Waals surface area contributed by atoms with Crippen LogP contribution >= 0.6 is 11.3 Å². The van der Waals surface area contributed by atoms with Gasteiger partial charge in [-0.15, -0.1) is 11.3 Å². The van der Waals surface area contributed by atoms with Crippen molar-refractivity contribution in [3.8, 4) is 10.4 Å². The number of hydrogen-bond donors (Lipinski definition) is 1. The first-order chi connectivity index (χ1) is 10.3. The zero-order valence-corrected chi connectivity index (χ0v) is 14.0. The van der Waals surface area contributed by atoms with Crippen molar-refractivity contribution >= 4 is 11.3 Å². The van der Waals surface area contributed by atoms with E-state index in [9.17, 15) is 0 Å². The summed E-state index contributed by atoms with van der Waals surface area (Å²) in [6.45, 7) is 6.19. The van der Waals surface area contributed by atoms with E-state index in [1.54, 1.807) is 7.11 Å². The van der Waals surface area contributed by atoms with E-state index in [0.29, 0.717) is 12.6 Å². The maximum atomic E-state index is 5.31. The lowest BCUT2D eigenvalue weighted by Crippen LogP contribution is -2.20. The lowest BCUT2D eigenvalue weighted by atomic mass is 10.1. The van der Waals surface area contributed by atoms with Gasteiger partial charge in [-0.2, -0.15) is 0 Å². The molecule has 1 unspecified atom stereocenters. The first kappa shape index (κ1) is 16.2. The van der Waals surface area contributed by atoms with E-state index in [1.807, 2.05) is 11.3 Å². The molecule has 0 radical (unpaired) electrons. The Balaban J connectivity index is 2.23. The molecule has 1 aromatic carbocycles. The van der Waals surface area contributed by atoms with Crippen molar-refractivity contribution in [3.63, 3.8) is 0 Å². The SMILES string of the molecule is CCCNC(CC)c1ccc(-c2ccccc2COC)s1. The molecular weight excluding hydrogens is 278 g/mol. The molecule has 0 aliphatic rings. The number of methoxy groups -OCH3 is 1. The smallest absolute Gasteiger partial charge is 0.0719 e. The van der Waals surface area contributed by atoms with Crippen LogP contribution in [-0.2, 0) is 11.3 Å². The summed E-state index contributed by atoms with van der Waals surface area (Å²) in [5.74, 6) is 0. The van der Waals surface area contributed by atoms with Crippen molar-refractivity contribution in [1.82, 2.24) is 5.32 Å². The molecule has 1 heterocycles. The van der Waals surface area contributed by atoms with Gasteiger partial charge in [-0.25, -0.2) is 0 Å². The first-order valence-electron chi connectivity index (χ1n) is 7.70. The van der Waals surface area contributed by atoms with Crippen molar-refractivity contribution in [1.29, 1.82) is 0 Å². The van der Waals surface area contributed by atoms with Crippen molar-refractivity contribution < 1.29 is 4.74 Å². The molecule has 0 amide bonds. The molecule has 0 saturated heterocycles. The van der Waals surface area contributed by atoms with Gasteiger partial charge >= 0.3 is 0 Å². The average Bonchev–Trinajstić information content (AvgIpc) is 2.99. The zero-order valence-electron chi connectivity index (χ0n) is 13.2. The molecule has 0 bridgehead atoms. The lowest BCUT2D eigenvalue weighted by Gasteiger charge is -2.14. The summed E-state index contributed by atoms with van der Waals surface area (Å²) in [4.78, 5) is 2.75. The molecule has 0 spiro atoms. The van der Waals surface area contributed by atoms with E-state index in [4.69, 9.17) is 4.74 Å². The highest BCUT2D eigenvalue weighted by atomic mass is 32.1. The molecule has 2 rings (SSSR count). The topological polar surface area (TPSA) is 21.3 Å². The molecule has 3 heteroatoms. The molecule has 0 aliphatic heterocycles. The summed E-state index contributed by atoms with van der Waals surface area (Å²) in [7, 11) is 1.75. The van der Waals surface area contributed by atoms with Crippen LogP contribution in [0.25, 0.3) is 10.4 Å². The van der Waals surface area contributed by atoms with Gasteiger partial charge in [-0.3, -0.25) is 0 Å². The van der Waals surface area contributed by atoms with Gasteiger partial charge in [-0.1, -0.05) is 38.1 Å². The van der Waals surface area contributed by atoms with Crippen LogP contribution in [-0.4, -0.2) is 13.7 Å². The molecule has 114 valence electrons. The quantitative estimate of drug-likeness (QED) is 0.740. The molecule has 1 atom stereocenters. The number of nitrogens with one attached hydrogen (secondary N) is 1. The Bertz CT molecular complexity index is 550. The largest absolute Gasteiger partial charge is 0.380 e. The molecule has 0 aliphatic carbocycles. The summed E-state index contributed by atoms with van der Waals surface area (Å²) in [6, 6.07) is 13.5. The standard InChI is InChI=1S/C18H25NOS/c1-4-12-19-16(5-2)18-11-10-17(21-18)15-9-7-6-8-14(15)13-20-3/h6-11,16,19H,4-5,12-13H2,1-3H3. The summed E-state index contributed by atoms with van der Waals surface area (Å²) >= 11 is 1.89. The van der Waals surface area contributed by atoms with Crippen LogP contribution in [0.3, 0.4) is 0 Å². The second-order valence-corrected chi connectivity index (χ2v) is 6.32. The maximum Gasteiger partial charge on any atom is 0.0719 e. The maximum absolute atomic E-state index is 5.31. The van der Waals surface area contributed by atoms with Crippen molar-refractivity contribution in [2.45, 2.75) is 39.3 Å². The fraction of sp³-hybridized carbons (Fsp3) is 0.444. The molecular formula is C18H25NOS. The van der Waals surface area contributed by atoms with Crippen LogP contribution in [0.5, 0.6) is 0 Å². The Labute approximate surface area is 132 Å². The van der Waals surface area contributed by atoms with Crippen LogP contribution in [0, 0.1) is 0 Å². The fourth-order valence-electron chi connectivity index (χ4n) is 2.49. The van der Waals surface area contributed by atoms with E-state index in [0.717, 1.165) is 13.0 Å². The van der Waals surface area contributed by atoms with Gasteiger partial charge in [0.05, 0.1) is 6.61 Å². The minimum atomic E-state index is 0.471. The van der Waals surface area contributed by atoms with E-state index < -0.39 is 0 Å². The predicted molar refractivity (Wildman–Crippen MR) is 91.8 cm³/mol. The number of benzene rings is 1. The van der Waals surface area contributed by atoms with Crippen molar-refractivity contribution in [2.75, 3.05) is 13.7 Å². The highest BCUT2D eigenvalue weighted by Crippen LogP contribution is 2.34. The van der Waals surface area contributed by atoms with Gasteiger partial charge in [0.15, 0.2) is 0 Å². The molecule has 2 aromatic rings. The van der Waals surface area contributed by atoms with Gasteiger partial charge in [-0.05, 0) is 42.6 Å². The highest BCUT2D eigenvalue weighted by Gasteiger charge is 2.13. The summed E-state index contributed by atoms with van der Waals surface area (Å²) in [5, 5.41) is 3.63. The van der Waals surface area contributed by atoms with Crippen LogP contribution in [0.2, 0.25) is 0 Å². The molecule has 2 nitrogen and oxygen atoms in total. The molecule has 1 N–H and O–H groups in total. The summed E-state index contributed by atoms with van der Waals surface area (Å²) < 4.78 is 5.31. The zero-order chi connectivity index (χ0) is 15.1. The monoisotopic (exact) mass is 303 g/mol. The van der Waals surface area contributed by atoms with Gasteiger partial charge in [0.1, 0.15) is 0 Å². The third-order valence-electron chi connectivity index (χ3n) is 3.60. The number of rotatable bonds is 8. The number of hydrogen-bond acceptors (Lipinski definition) is 3. The minimum absolute atomic E-state index is 0.471. The summed E-state index contributed by atoms with van der Waals surface area (Å²) in [5.41, 5.74) is 2.55. The molecule has 0 fully saturated rings. The van der Waals surface area contributed by atoms with Crippen LogP contribution in [0.4, 0.5) is 0 Å². The molecule has 1 aromatic heterocycles. The Morgan fingerprint density at radius 3 is 2.67 bits per heavy atom. The predicted octanol–water partition coefficient (Wildman–Crippen LogP) is 5.01. The van der Waals surface area contributed by atoms with Gasteiger partial charge in [0.25, 0.3) is 0 Å². The second-order valence-electron chi connectivity index (χ2n) is 5.21. The lowest BCUT2D eigenvalue weighted by molar-refractivity contribution is 0.185. The van der Waals surface area contributed by atoms with Gasteiger partial charge in [0.2, 0.25) is 0 Å². The minimum Gasteiger partial charge on any atom is -0.380 e. The molecule has 21 heavy (non-hydrogen) atoms. The average molecular weight is 303 g/mol. The van der Waals surface area contributed by atoms with E-state index in [2.05, 4.69) is 55.6 Å². The second kappa shape index (κ2) is 8.32. The third kappa shape index (κ3) is 4.16. The summed E-state index contributed by atoms with van der Waals surface area (Å²) in [6.07, 6.45) is 2.30. The van der Waals surface area contributed by atoms with Crippen LogP contribution in [0.1, 0.15) is 43.2 Å². The fourth-order valence-corrected chi connectivity index (χ4v) is 3.72.